The van der Waals surface area contributed by atoms with Crippen molar-refractivity contribution in [2.75, 3.05) is 37.5 Å². The molecule has 0 saturated carbocycles. The molecule has 38 heavy (non-hydrogen) atoms. The molecule has 1 N–H and O–H groups in total. The van der Waals surface area contributed by atoms with Crippen LogP contribution in [-0.4, -0.2) is 54.2 Å². The van der Waals surface area contributed by atoms with Crippen LogP contribution in [0.4, 0.5) is 10.2 Å². The van der Waals surface area contributed by atoms with Crippen molar-refractivity contribution in [3.8, 4) is 5.69 Å². The van der Waals surface area contributed by atoms with Gasteiger partial charge in [0.15, 0.2) is 0 Å². The number of nitrogens with zero attached hydrogens (tertiary/aromatic N) is 3. The van der Waals surface area contributed by atoms with Crippen LogP contribution in [0.3, 0.4) is 0 Å². The van der Waals surface area contributed by atoms with Crippen LogP contribution < -0.4 is 10.2 Å². The number of nitrogens with one attached hydrogen (secondary N) is 1. The largest absolute Gasteiger partial charge is 0.385 e. The molecule has 1 aliphatic rings. The summed E-state index contributed by atoms with van der Waals surface area (Å²) in [7, 11) is 1.62. The van der Waals surface area contributed by atoms with E-state index in [0.717, 1.165) is 28.1 Å². The third kappa shape index (κ3) is 6.10. The Morgan fingerprint density at radius 2 is 1.95 bits per heavy atom. The standard InChI is InChI=1S/C29H35FN4O3S/c1-19-8-6-9-22(16-19)34-28-25(27(32-34)29(2,3)4)26(20-10-12-21(30)13-11-20)38-18-24(36)33(28)17-23(35)31-14-7-15-37-5/h6,8-13,16,26H,7,14-15,17-18H2,1-5H3,(H,31,35). The van der Waals surface area contributed by atoms with Gasteiger partial charge in [0.05, 0.1) is 22.4 Å². The summed E-state index contributed by atoms with van der Waals surface area (Å²) in [4.78, 5) is 28.2. The molecule has 1 unspecified atom stereocenters. The molecule has 2 amide bonds. The summed E-state index contributed by atoms with van der Waals surface area (Å²) in [5.74, 6) is 0.00590. The SMILES string of the molecule is COCCCNC(=O)CN1C(=O)CSC(c2ccc(F)cc2)c2c(C(C)(C)C)nn(-c3cccc(C)c3)c21. The van der Waals surface area contributed by atoms with Crippen molar-refractivity contribution in [1.82, 2.24) is 15.1 Å². The van der Waals surface area contributed by atoms with Crippen molar-refractivity contribution in [3.63, 3.8) is 0 Å². The molecule has 2 aromatic carbocycles. The van der Waals surface area contributed by atoms with E-state index in [9.17, 15) is 14.0 Å². The first kappa shape index (κ1) is 27.9. The summed E-state index contributed by atoms with van der Waals surface area (Å²) in [6, 6.07) is 14.3. The molecule has 0 spiro atoms. The lowest BCUT2D eigenvalue weighted by Crippen LogP contribution is -2.42. The third-order valence-electron chi connectivity index (χ3n) is 6.37. The molecular formula is C29H35FN4O3S. The highest BCUT2D eigenvalue weighted by Crippen LogP contribution is 2.48. The quantitative estimate of drug-likeness (QED) is 0.411. The summed E-state index contributed by atoms with van der Waals surface area (Å²) in [6.45, 7) is 9.13. The number of hydrogen-bond acceptors (Lipinski definition) is 5. The Morgan fingerprint density at radius 1 is 1.21 bits per heavy atom. The van der Waals surface area contributed by atoms with E-state index in [1.807, 2.05) is 31.2 Å². The van der Waals surface area contributed by atoms with Gasteiger partial charge in [-0.25, -0.2) is 9.07 Å². The second-order valence-electron chi connectivity index (χ2n) is 10.5. The van der Waals surface area contributed by atoms with Crippen molar-refractivity contribution < 1.29 is 18.7 Å². The van der Waals surface area contributed by atoms with Gasteiger partial charge in [-0.3, -0.25) is 14.5 Å². The van der Waals surface area contributed by atoms with Crippen molar-refractivity contribution in [3.05, 3.63) is 76.7 Å². The fourth-order valence-corrected chi connectivity index (χ4v) is 5.76. The fourth-order valence-electron chi connectivity index (χ4n) is 4.56. The number of aryl methyl sites for hydroxylation is 1. The molecule has 0 aliphatic carbocycles. The number of hydrogen-bond donors (Lipinski definition) is 1. The van der Waals surface area contributed by atoms with Gasteiger partial charge in [-0.05, 0) is 48.7 Å². The number of anilines is 1. The van der Waals surface area contributed by atoms with Crippen LogP contribution in [-0.2, 0) is 19.7 Å². The van der Waals surface area contributed by atoms with Crippen molar-refractivity contribution in [2.45, 2.75) is 44.8 Å². The van der Waals surface area contributed by atoms with Gasteiger partial charge in [0.2, 0.25) is 11.8 Å². The molecule has 1 atom stereocenters. The third-order valence-corrected chi connectivity index (χ3v) is 7.62. The van der Waals surface area contributed by atoms with Gasteiger partial charge >= 0.3 is 0 Å². The van der Waals surface area contributed by atoms with Gasteiger partial charge in [-0.1, -0.05) is 45.0 Å². The van der Waals surface area contributed by atoms with E-state index >= 15 is 0 Å². The number of rotatable bonds is 8. The number of halogens is 1. The Labute approximate surface area is 227 Å². The second-order valence-corrected chi connectivity index (χ2v) is 11.6. The number of carbonyl (C=O) groups is 2. The minimum atomic E-state index is -0.362. The van der Waals surface area contributed by atoms with Gasteiger partial charge in [0, 0.05) is 31.2 Å². The lowest BCUT2D eigenvalue weighted by atomic mass is 9.87. The summed E-state index contributed by atoms with van der Waals surface area (Å²) >= 11 is 1.48. The Hall–Kier alpha value is -3.17. The molecule has 0 bridgehead atoms. The summed E-state index contributed by atoms with van der Waals surface area (Å²) in [6.07, 6.45) is 0.680. The summed E-state index contributed by atoms with van der Waals surface area (Å²) in [5, 5.41) is 7.71. The van der Waals surface area contributed by atoms with Crippen molar-refractivity contribution in [1.29, 1.82) is 0 Å². The Balaban J connectivity index is 1.90. The molecule has 0 fully saturated rings. The van der Waals surface area contributed by atoms with Crippen molar-refractivity contribution >= 4 is 29.4 Å². The molecule has 9 heteroatoms. The first-order chi connectivity index (χ1) is 18.1. The van der Waals surface area contributed by atoms with Crippen LogP contribution in [0.25, 0.3) is 5.69 Å². The zero-order chi connectivity index (χ0) is 27.4. The van der Waals surface area contributed by atoms with Gasteiger partial charge in [-0.15, -0.1) is 11.8 Å². The monoisotopic (exact) mass is 538 g/mol. The first-order valence-corrected chi connectivity index (χ1v) is 13.8. The van der Waals surface area contributed by atoms with E-state index in [-0.39, 0.29) is 40.6 Å². The van der Waals surface area contributed by atoms with Gasteiger partial charge in [0.25, 0.3) is 0 Å². The predicted octanol–water partition coefficient (Wildman–Crippen LogP) is 4.94. The van der Waals surface area contributed by atoms with E-state index in [2.05, 4.69) is 26.1 Å². The number of thioether (sulfide) groups is 1. The van der Waals surface area contributed by atoms with Crippen molar-refractivity contribution in [2.24, 2.45) is 0 Å². The van der Waals surface area contributed by atoms with E-state index < -0.39 is 0 Å². The fraction of sp³-hybridized carbons (Fsp3) is 0.414. The summed E-state index contributed by atoms with van der Waals surface area (Å²) in [5.41, 5.74) is 4.07. The lowest BCUT2D eigenvalue weighted by molar-refractivity contribution is -0.122. The molecule has 3 aromatic rings. The molecule has 2 heterocycles. The maximum absolute atomic E-state index is 13.8. The van der Waals surface area contributed by atoms with Gasteiger partial charge in [0.1, 0.15) is 18.2 Å². The predicted molar refractivity (Wildman–Crippen MR) is 150 cm³/mol. The normalized spacial score (nSPS) is 15.8. The Morgan fingerprint density at radius 3 is 2.61 bits per heavy atom. The van der Waals surface area contributed by atoms with E-state index in [1.54, 1.807) is 28.8 Å². The summed E-state index contributed by atoms with van der Waals surface area (Å²) < 4.78 is 20.7. The maximum Gasteiger partial charge on any atom is 0.240 e. The van der Waals surface area contributed by atoms with Crippen LogP contribution >= 0.6 is 11.8 Å². The van der Waals surface area contributed by atoms with E-state index in [4.69, 9.17) is 9.84 Å². The molecule has 1 aliphatic heterocycles. The van der Waals surface area contributed by atoms with Crippen LogP contribution in [0.2, 0.25) is 0 Å². The van der Waals surface area contributed by atoms with E-state index in [1.165, 1.54) is 23.9 Å². The smallest absolute Gasteiger partial charge is 0.240 e. The van der Waals surface area contributed by atoms with Crippen LogP contribution in [0.15, 0.2) is 48.5 Å². The highest BCUT2D eigenvalue weighted by Gasteiger charge is 2.39. The highest BCUT2D eigenvalue weighted by molar-refractivity contribution is 8.00. The lowest BCUT2D eigenvalue weighted by Gasteiger charge is -2.24. The topological polar surface area (TPSA) is 76.5 Å². The van der Waals surface area contributed by atoms with Gasteiger partial charge in [-0.2, -0.15) is 5.10 Å². The molecular weight excluding hydrogens is 503 g/mol. The van der Waals surface area contributed by atoms with Gasteiger partial charge < -0.3 is 10.1 Å². The average molecular weight is 539 g/mol. The number of methoxy groups -OCH3 is 1. The zero-order valence-corrected chi connectivity index (χ0v) is 23.4. The molecule has 0 radical (unpaired) electrons. The molecule has 1 aromatic heterocycles. The number of benzene rings is 2. The number of carbonyl (C=O) groups excluding carboxylic acids is 2. The number of ether oxygens (including phenoxy) is 1. The van der Waals surface area contributed by atoms with Crippen LogP contribution in [0, 0.1) is 12.7 Å². The van der Waals surface area contributed by atoms with Crippen LogP contribution in [0.5, 0.6) is 0 Å². The van der Waals surface area contributed by atoms with E-state index in [0.29, 0.717) is 25.4 Å². The van der Waals surface area contributed by atoms with Crippen LogP contribution in [0.1, 0.15) is 54.8 Å². The number of aromatic nitrogens is 2. The average Bonchev–Trinajstić information content (AvgIpc) is 3.21. The highest BCUT2D eigenvalue weighted by atomic mass is 32.2. The molecule has 7 nitrogen and oxygen atoms in total. The minimum absolute atomic E-state index is 0.128. The first-order valence-electron chi connectivity index (χ1n) is 12.7. The second kappa shape index (κ2) is 11.7. The Kier molecular flexibility index (Phi) is 8.57. The minimum Gasteiger partial charge on any atom is -0.385 e. The molecule has 202 valence electrons. The Bertz CT molecular complexity index is 1300. The zero-order valence-electron chi connectivity index (χ0n) is 22.6. The molecule has 0 saturated heterocycles. The molecule has 4 rings (SSSR count). The number of amides is 2. The number of fused-ring (bicyclic) bond motifs is 1. The maximum atomic E-state index is 13.8.